The molecule has 4 aromatic carbocycles. The molecule has 0 unspecified atom stereocenters. The number of rotatable bonds is 6. The van der Waals surface area contributed by atoms with Gasteiger partial charge in [-0.25, -0.2) is 17.2 Å². The van der Waals surface area contributed by atoms with Crippen molar-refractivity contribution in [3.8, 4) is 51.1 Å². The van der Waals surface area contributed by atoms with Crippen molar-refractivity contribution < 1.29 is 46.9 Å². The van der Waals surface area contributed by atoms with Crippen LogP contribution in [0, 0.1) is 49.5 Å². The molecule has 7 rings (SSSR count). The predicted molar refractivity (Wildman–Crippen MR) is 191 cm³/mol. The Labute approximate surface area is 325 Å². The third-order valence-electron chi connectivity index (χ3n) is 7.53. The van der Waals surface area contributed by atoms with Gasteiger partial charge in [-0.05, 0) is 48.8 Å². The average Bonchev–Trinajstić information content (AvgIpc) is 3.81. The van der Waals surface area contributed by atoms with Crippen LogP contribution in [0.1, 0.15) is 26.3 Å². The van der Waals surface area contributed by atoms with Gasteiger partial charge in [0.2, 0.25) is 0 Å². The van der Waals surface area contributed by atoms with Crippen molar-refractivity contribution >= 4 is 5.69 Å². The summed E-state index contributed by atoms with van der Waals surface area (Å²) >= 11 is 0. The molecule has 0 N–H and O–H groups in total. The number of aromatic nitrogens is 2. The van der Waals surface area contributed by atoms with Crippen LogP contribution in [-0.2, 0) is 47.5 Å². The van der Waals surface area contributed by atoms with E-state index >= 15 is 0 Å². The number of hydrogen-bond acceptors (Lipinski definition) is 4. The Bertz CT molecular complexity index is 2040. The molecular formula is C43H33N4OPt2-3. The van der Waals surface area contributed by atoms with Gasteiger partial charge in [-0.3, -0.25) is 12.1 Å². The van der Waals surface area contributed by atoms with E-state index < -0.39 is 0 Å². The van der Waals surface area contributed by atoms with Crippen molar-refractivity contribution in [1.29, 1.82) is 0 Å². The van der Waals surface area contributed by atoms with Crippen LogP contribution < -0.4 is 9.64 Å². The molecule has 0 atom stereocenters. The van der Waals surface area contributed by atoms with Crippen molar-refractivity contribution in [2.24, 2.45) is 0 Å². The predicted octanol–water partition coefficient (Wildman–Crippen LogP) is 9.39. The zero-order valence-corrected chi connectivity index (χ0v) is 32.5. The van der Waals surface area contributed by atoms with Crippen LogP contribution >= 0.6 is 0 Å². The smallest absolute Gasteiger partial charge is 0.669 e. The monoisotopic (exact) mass is 1010 g/mol. The quantitative estimate of drug-likeness (QED) is 0.123. The summed E-state index contributed by atoms with van der Waals surface area (Å²) < 4.78 is 7.91. The van der Waals surface area contributed by atoms with Crippen LogP contribution in [0.25, 0.3) is 33.5 Å². The summed E-state index contributed by atoms with van der Waals surface area (Å²) in [6.07, 6.45) is 15.8. The Morgan fingerprint density at radius 3 is 2.22 bits per heavy atom. The van der Waals surface area contributed by atoms with E-state index in [0.29, 0.717) is 22.8 Å². The molecule has 0 radical (unpaired) electrons. The van der Waals surface area contributed by atoms with Crippen LogP contribution in [0.5, 0.6) is 11.5 Å². The summed E-state index contributed by atoms with van der Waals surface area (Å²) in [6.45, 7) is 8.63. The average molecular weight is 1010 g/mol. The van der Waals surface area contributed by atoms with E-state index in [1.54, 1.807) is 23.2 Å². The van der Waals surface area contributed by atoms with Gasteiger partial charge in [0.15, 0.2) is 0 Å². The van der Waals surface area contributed by atoms with Gasteiger partial charge < -0.3 is 42.1 Å². The second-order valence-electron chi connectivity index (χ2n) is 12.2. The first kappa shape index (κ1) is 38.2. The molecule has 0 saturated carbocycles. The first-order valence-corrected chi connectivity index (χ1v) is 15.5. The molecule has 254 valence electrons. The molecule has 3 heterocycles. The van der Waals surface area contributed by atoms with Crippen molar-refractivity contribution in [1.82, 2.24) is 14.5 Å². The second-order valence-corrected chi connectivity index (χ2v) is 12.2. The first-order chi connectivity index (χ1) is 23.2. The van der Waals surface area contributed by atoms with Crippen LogP contribution in [0.15, 0.2) is 122 Å². The zero-order chi connectivity index (χ0) is 33.5. The minimum atomic E-state index is 0. The van der Waals surface area contributed by atoms with Gasteiger partial charge in [-0.2, -0.15) is 60.4 Å². The van der Waals surface area contributed by atoms with Crippen molar-refractivity contribution in [2.45, 2.75) is 26.2 Å². The minimum absolute atomic E-state index is 0. The maximum atomic E-state index is 6.57. The Morgan fingerprint density at radius 1 is 0.800 bits per heavy atom. The van der Waals surface area contributed by atoms with Gasteiger partial charge in [-0.1, -0.05) is 56.3 Å². The fourth-order valence-electron chi connectivity index (χ4n) is 4.97. The zero-order valence-electron chi connectivity index (χ0n) is 28.0. The van der Waals surface area contributed by atoms with Gasteiger partial charge in [0.25, 0.3) is 0 Å². The van der Waals surface area contributed by atoms with Crippen molar-refractivity contribution in [2.75, 3.05) is 11.9 Å². The van der Waals surface area contributed by atoms with E-state index in [-0.39, 0.29) is 47.5 Å². The molecule has 50 heavy (non-hydrogen) atoms. The fourth-order valence-corrected chi connectivity index (χ4v) is 4.97. The van der Waals surface area contributed by atoms with Crippen LogP contribution in [-0.4, -0.2) is 21.5 Å². The molecule has 5 nitrogen and oxygen atoms in total. The molecule has 1 aliphatic rings. The third-order valence-corrected chi connectivity index (χ3v) is 7.53. The maximum absolute atomic E-state index is 6.57. The van der Waals surface area contributed by atoms with Crippen molar-refractivity contribution in [3.05, 3.63) is 171 Å². The van der Waals surface area contributed by atoms with Gasteiger partial charge in [0, 0.05) is 39.2 Å². The minimum Gasteiger partial charge on any atom is -0.669 e. The molecule has 0 spiro atoms. The van der Waals surface area contributed by atoms with E-state index in [0.717, 1.165) is 27.9 Å². The van der Waals surface area contributed by atoms with E-state index in [9.17, 15) is 0 Å². The SMILES string of the molecule is CN1C=CN(c2[c-]c(Oc3[c-]c(-c4[c-]c(-c5[c-]cccc5)ccn4)[c-]c(-c4ccc(C(C)(C)C)cc4)c3)ccc2)[CH-]1.[C-]#Cn1cccc1.[Pt+4].[Pt]. The van der Waals surface area contributed by atoms with Crippen LogP contribution in [0.2, 0.25) is 0 Å². The Balaban J connectivity index is 0.000000559. The Morgan fingerprint density at radius 2 is 1.58 bits per heavy atom. The van der Waals surface area contributed by atoms with Gasteiger partial charge >= 0.3 is 21.1 Å². The largest absolute Gasteiger partial charge is 4.00 e. The van der Waals surface area contributed by atoms with Crippen LogP contribution in [0.3, 0.4) is 0 Å². The Kier molecular flexibility index (Phi) is 13.3. The topological polar surface area (TPSA) is 33.5 Å². The van der Waals surface area contributed by atoms with Crippen molar-refractivity contribution in [3.63, 3.8) is 0 Å². The third kappa shape index (κ3) is 9.76. The molecule has 0 bridgehead atoms. The molecular weight excluding hydrogens is 979 g/mol. The van der Waals surface area contributed by atoms with Gasteiger partial charge in [0.1, 0.15) is 0 Å². The fraction of sp³-hybridized carbons (Fsp3) is 0.116. The molecule has 0 saturated heterocycles. The number of benzene rings is 4. The number of ether oxygens (including phenoxy) is 1. The normalized spacial score (nSPS) is 11.8. The Hall–Kier alpha value is -4.61. The summed E-state index contributed by atoms with van der Waals surface area (Å²) in [7, 11) is 1.99. The van der Waals surface area contributed by atoms with Crippen LogP contribution in [0.4, 0.5) is 5.69 Å². The molecule has 0 amide bonds. The van der Waals surface area contributed by atoms with E-state index in [2.05, 4.69) is 86.4 Å². The number of anilines is 1. The van der Waals surface area contributed by atoms with E-state index in [1.807, 2.05) is 103 Å². The molecule has 1 aliphatic heterocycles. The summed E-state index contributed by atoms with van der Waals surface area (Å²) in [5, 5.41) is 0. The molecule has 2 aromatic heterocycles. The molecule has 0 aliphatic carbocycles. The van der Waals surface area contributed by atoms with E-state index in [1.165, 1.54) is 5.56 Å². The number of nitrogens with zero attached hydrogens (tertiary/aromatic N) is 4. The first-order valence-electron chi connectivity index (χ1n) is 15.5. The number of pyridine rings is 1. The molecule has 7 heteroatoms. The summed E-state index contributed by atoms with van der Waals surface area (Å²) in [5.74, 6) is 1.14. The summed E-state index contributed by atoms with van der Waals surface area (Å²) in [4.78, 5) is 8.60. The van der Waals surface area contributed by atoms with Gasteiger partial charge in [0.05, 0.1) is 0 Å². The molecule has 6 aromatic rings. The van der Waals surface area contributed by atoms with Gasteiger partial charge in [-0.15, -0.1) is 30.0 Å². The summed E-state index contributed by atoms with van der Waals surface area (Å²) in [6, 6.07) is 49.0. The second kappa shape index (κ2) is 17.4. The summed E-state index contributed by atoms with van der Waals surface area (Å²) in [5.41, 5.74) is 7.29. The number of hydrogen-bond donors (Lipinski definition) is 0. The van der Waals surface area contributed by atoms with E-state index in [4.69, 9.17) is 11.2 Å². The maximum Gasteiger partial charge on any atom is 4.00 e. The standard InChI is InChI=1S/C37H29N3O.C6H4N.2Pt/c1-37(2,3)32-15-13-28(14-16-32)30-21-31(36-24-29(17-18-38-36)27-9-6-5-7-10-27)23-35(22-30)41-34-12-8-11-33(25-34)40-20-19-39(4)26-40;1-2-7-5-3-4-6-7;;/h5-9,11-20,22,26H,1-4H3;3-6H;;/q-6;-1;;+4. The molecule has 0 fully saturated rings.